The third kappa shape index (κ3) is 2.92. The van der Waals surface area contributed by atoms with Crippen molar-refractivity contribution in [3.63, 3.8) is 0 Å². The minimum absolute atomic E-state index is 0.104. The third-order valence-corrected chi connectivity index (χ3v) is 4.20. The molecule has 0 unspecified atom stereocenters. The molecular weight excluding hydrogens is 280 g/mol. The summed E-state index contributed by atoms with van der Waals surface area (Å²) in [5.41, 5.74) is 0.571. The smallest absolute Gasteiger partial charge is 0.260 e. The lowest BCUT2D eigenvalue weighted by Gasteiger charge is -2.08. The van der Waals surface area contributed by atoms with Gasteiger partial charge in [-0.2, -0.15) is 0 Å². The van der Waals surface area contributed by atoms with Gasteiger partial charge in [-0.1, -0.05) is 6.07 Å². The van der Waals surface area contributed by atoms with Gasteiger partial charge >= 0.3 is 0 Å². The van der Waals surface area contributed by atoms with Crippen LogP contribution in [0.3, 0.4) is 0 Å². The Balaban J connectivity index is 2.35. The zero-order chi connectivity index (χ0) is 14.6. The van der Waals surface area contributed by atoms with Crippen molar-refractivity contribution >= 4 is 21.5 Å². The van der Waals surface area contributed by atoms with Gasteiger partial charge in [0, 0.05) is 26.4 Å². The minimum Gasteiger partial charge on any atom is -0.380 e. The summed E-state index contributed by atoms with van der Waals surface area (Å²) >= 11 is 0. The first-order valence-electron chi connectivity index (χ1n) is 6.32. The first kappa shape index (κ1) is 14.8. The summed E-state index contributed by atoms with van der Waals surface area (Å²) in [6.45, 7) is 2.97. The van der Waals surface area contributed by atoms with Crippen molar-refractivity contribution in [2.45, 2.75) is 11.9 Å². The first-order chi connectivity index (χ1) is 9.60. The number of hydrogen-bond acceptors (Lipinski definition) is 5. The van der Waals surface area contributed by atoms with Gasteiger partial charge in [0.15, 0.2) is 10.8 Å². The number of hydrogen-bond donors (Lipinski definition) is 2. The molecule has 0 radical (unpaired) electrons. The van der Waals surface area contributed by atoms with Gasteiger partial charge in [0.25, 0.3) is 10.0 Å². The normalized spacial score (nSPS) is 11.9. The van der Waals surface area contributed by atoms with Crippen LogP contribution in [0.1, 0.15) is 6.92 Å². The second-order valence-corrected chi connectivity index (χ2v) is 5.72. The van der Waals surface area contributed by atoms with Crippen LogP contribution in [-0.2, 0) is 14.8 Å². The molecule has 2 heterocycles. The lowest BCUT2D eigenvalue weighted by atomic mass is 10.5. The van der Waals surface area contributed by atoms with Gasteiger partial charge in [-0.15, -0.1) is 0 Å². The molecule has 0 saturated heterocycles. The number of imidazole rings is 1. The Bertz CT molecular complexity index is 681. The van der Waals surface area contributed by atoms with Gasteiger partial charge in [0.1, 0.15) is 5.65 Å². The number of aromatic nitrogens is 2. The summed E-state index contributed by atoms with van der Waals surface area (Å²) in [5.74, 6) is 0.320. The molecule has 0 aliphatic heterocycles. The number of fused-ring (bicyclic) bond motifs is 1. The zero-order valence-electron chi connectivity index (χ0n) is 11.5. The third-order valence-electron chi connectivity index (χ3n) is 2.72. The van der Waals surface area contributed by atoms with E-state index in [0.717, 1.165) is 0 Å². The molecule has 0 aliphatic carbocycles. The van der Waals surface area contributed by atoms with Crippen LogP contribution in [0.4, 0.5) is 5.82 Å². The van der Waals surface area contributed by atoms with Gasteiger partial charge in [-0.25, -0.2) is 18.1 Å². The second kappa shape index (κ2) is 6.21. The lowest BCUT2D eigenvalue weighted by Crippen LogP contribution is -2.29. The number of sulfonamides is 1. The van der Waals surface area contributed by atoms with E-state index in [0.29, 0.717) is 24.7 Å². The quantitative estimate of drug-likeness (QED) is 0.735. The first-order valence-corrected chi connectivity index (χ1v) is 7.80. The van der Waals surface area contributed by atoms with Crippen LogP contribution in [0.15, 0.2) is 29.4 Å². The molecule has 0 saturated carbocycles. The molecule has 0 fully saturated rings. The van der Waals surface area contributed by atoms with E-state index >= 15 is 0 Å². The Morgan fingerprint density at radius 2 is 2.20 bits per heavy atom. The van der Waals surface area contributed by atoms with E-state index < -0.39 is 10.0 Å². The molecule has 20 heavy (non-hydrogen) atoms. The summed E-state index contributed by atoms with van der Waals surface area (Å²) in [4.78, 5) is 4.24. The van der Waals surface area contributed by atoms with E-state index in [4.69, 9.17) is 4.74 Å². The van der Waals surface area contributed by atoms with Crippen molar-refractivity contribution < 1.29 is 13.2 Å². The molecule has 2 aromatic rings. The van der Waals surface area contributed by atoms with Crippen molar-refractivity contribution in [2.75, 3.05) is 32.1 Å². The highest BCUT2D eigenvalue weighted by Gasteiger charge is 2.24. The minimum atomic E-state index is -3.66. The Labute approximate surface area is 118 Å². The fraction of sp³-hybridized carbons (Fsp3) is 0.417. The molecule has 2 N–H and O–H groups in total. The largest absolute Gasteiger partial charge is 0.380 e. The van der Waals surface area contributed by atoms with Crippen molar-refractivity contribution in [1.29, 1.82) is 0 Å². The van der Waals surface area contributed by atoms with Crippen LogP contribution in [0.5, 0.6) is 0 Å². The summed E-state index contributed by atoms with van der Waals surface area (Å²) in [6.07, 6.45) is 1.67. The Morgan fingerprint density at radius 3 is 2.90 bits per heavy atom. The lowest BCUT2D eigenvalue weighted by molar-refractivity contribution is 0.153. The summed E-state index contributed by atoms with van der Waals surface area (Å²) in [5, 5.41) is 2.91. The van der Waals surface area contributed by atoms with Gasteiger partial charge in [-0.3, -0.25) is 4.40 Å². The van der Waals surface area contributed by atoms with Gasteiger partial charge in [0.05, 0.1) is 6.61 Å². The molecule has 8 heteroatoms. The standard InChI is InChI=1S/C12H18N4O3S/c1-3-19-9-7-14-20(17,18)12-11(13-2)15-10-6-4-5-8-16(10)12/h4-6,8,13-14H,3,7,9H2,1-2H3. The molecule has 7 nitrogen and oxygen atoms in total. The van der Waals surface area contributed by atoms with E-state index in [1.807, 2.05) is 6.92 Å². The molecule has 2 rings (SSSR count). The molecular formula is C12H18N4O3S. The Kier molecular flexibility index (Phi) is 4.58. The summed E-state index contributed by atoms with van der Waals surface area (Å²) < 4.78 is 33.9. The SMILES string of the molecule is CCOCCNS(=O)(=O)c1c(NC)nc2ccccn12. The van der Waals surface area contributed by atoms with E-state index in [2.05, 4.69) is 15.0 Å². The van der Waals surface area contributed by atoms with E-state index in [-0.39, 0.29) is 11.6 Å². The number of ether oxygens (including phenoxy) is 1. The number of nitrogens with one attached hydrogen (secondary N) is 2. The molecule has 110 valence electrons. The van der Waals surface area contributed by atoms with Crippen molar-refractivity contribution in [2.24, 2.45) is 0 Å². The van der Waals surface area contributed by atoms with Crippen molar-refractivity contribution in [3.05, 3.63) is 24.4 Å². The van der Waals surface area contributed by atoms with E-state index in [9.17, 15) is 8.42 Å². The molecule has 0 bridgehead atoms. The predicted octanol–water partition coefficient (Wildman–Crippen LogP) is 0.691. The van der Waals surface area contributed by atoms with Crippen LogP contribution >= 0.6 is 0 Å². The maximum Gasteiger partial charge on any atom is 0.260 e. The highest BCUT2D eigenvalue weighted by atomic mass is 32.2. The van der Waals surface area contributed by atoms with Crippen LogP contribution in [-0.4, -0.2) is 44.6 Å². The van der Waals surface area contributed by atoms with Crippen molar-refractivity contribution in [1.82, 2.24) is 14.1 Å². The highest BCUT2D eigenvalue weighted by Crippen LogP contribution is 2.21. The average molecular weight is 298 g/mol. The average Bonchev–Trinajstić information content (AvgIpc) is 2.83. The zero-order valence-corrected chi connectivity index (χ0v) is 12.3. The number of nitrogens with zero attached hydrogens (tertiary/aromatic N) is 2. The van der Waals surface area contributed by atoms with E-state index in [1.165, 1.54) is 4.40 Å². The Morgan fingerprint density at radius 1 is 1.40 bits per heavy atom. The fourth-order valence-corrected chi connectivity index (χ4v) is 3.16. The van der Waals surface area contributed by atoms with Gasteiger partial charge in [-0.05, 0) is 19.1 Å². The van der Waals surface area contributed by atoms with Crippen LogP contribution in [0.25, 0.3) is 5.65 Å². The maximum absolute atomic E-state index is 12.4. The number of rotatable bonds is 7. The van der Waals surface area contributed by atoms with E-state index in [1.54, 1.807) is 31.4 Å². The molecule has 0 aliphatic rings. The number of pyridine rings is 1. The second-order valence-electron chi connectivity index (χ2n) is 4.04. The molecule has 0 aromatic carbocycles. The van der Waals surface area contributed by atoms with Crippen molar-refractivity contribution in [3.8, 4) is 0 Å². The van der Waals surface area contributed by atoms with Gasteiger partial charge < -0.3 is 10.1 Å². The van der Waals surface area contributed by atoms with Crippen LogP contribution in [0, 0.1) is 0 Å². The van der Waals surface area contributed by atoms with Crippen LogP contribution < -0.4 is 10.0 Å². The highest BCUT2D eigenvalue weighted by molar-refractivity contribution is 7.89. The summed E-state index contributed by atoms with van der Waals surface area (Å²) in [6, 6.07) is 5.31. The summed E-state index contributed by atoms with van der Waals surface area (Å²) in [7, 11) is -2.02. The maximum atomic E-state index is 12.4. The topological polar surface area (TPSA) is 84.7 Å². The predicted molar refractivity (Wildman–Crippen MR) is 76.4 cm³/mol. The molecule has 0 amide bonds. The molecule has 0 spiro atoms. The monoisotopic (exact) mass is 298 g/mol. The fourth-order valence-electron chi connectivity index (χ4n) is 1.85. The van der Waals surface area contributed by atoms with Crippen LogP contribution in [0.2, 0.25) is 0 Å². The number of anilines is 1. The molecule has 0 atom stereocenters. The molecule has 2 aromatic heterocycles. The van der Waals surface area contributed by atoms with Gasteiger partial charge in [0.2, 0.25) is 0 Å². The Hall–Kier alpha value is -1.64.